The molecule has 5 heteroatoms. The van der Waals surface area contributed by atoms with Gasteiger partial charge in [-0.05, 0) is 51.4 Å². The van der Waals surface area contributed by atoms with E-state index in [1.165, 1.54) is 0 Å². The molecular formula is C19H25N3OS. The molecule has 1 aliphatic heterocycles. The van der Waals surface area contributed by atoms with Crippen molar-refractivity contribution in [1.29, 1.82) is 0 Å². The highest BCUT2D eigenvalue weighted by Crippen LogP contribution is 2.38. The van der Waals surface area contributed by atoms with Crippen LogP contribution in [0.2, 0.25) is 0 Å². The third kappa shape index (κ3) is 3.05. The summed E-state index contributed by atoms with van der Waals surface area (Å²) in [6.45, 7) is 7.50. The molecule has 1 amide bonds. The predicted molar refractivity (Wildman–Crippen MR) is 100 cm³/mol. The second-order valence-corrected chi connectivity index (χ2v) is 6.76. The van der Waals surface area contributed by atoms with Crippen LogP contribution in [0.5, 0.6) is 0 Å². The van der Waals surface area contributed by atoms with Crippen molar-refractivity contribution in [3.63, 3.8) is 0 Å². The Kier molecular flexibility index (Phi) is 4.90. The number of rotatable bonds is 5. The van der Waals surface area contributed by atoms with Crippen LogP contribution in [0.1, 0.15) is 45.2 Å². The second kappa shape index (κ2) is 6.93. The fourth-order valence-corrected chi connectivity index (χ4v) is 3.79. The monoisotopic (exact) mass is 343 g/mol. The number of likely N-dealkylation sites (N-methyl/N-ethyl adjacent to an activating group) is 1. The maximum Gasteiger partial charge on any atom is 0.253 e. The lowest BCUT2D eigenvalue weighted by atomic mass is 9.93. The Balaban J connectivity index is 2.07. The minimum Gasteiger partial charge on any atom is -0.351 e. The zero-order valence-corrected chi connectivity index (χ0v) is 15.4. The first-order chi connectivity index (χ1) is 11.6. The van der Waals surface area contributed by atoms with Crippen LogP contribution in [0.4, 0.5) is 0 Å². The van der Waals surface area contributed by atoms with Gasteiger partial charge in [0.15, 0.2) is 5.11 Å². The number of hydrogen-bond acceptors (Lipinski definition) is 2. The minimum atomic E-state index is -0.179. The molecular weight excluding hydrogens is 318 g/mol. The largest absolute Gasteiger partial charge is 0.351 e. The zero-order chi connectivity index (χ0) is 17.3. The molecule has 24 heavy (non-hydrogen) atoms. The third-order valence-electron chi connectivity index (χ3n) is 4.85. The molecule has 1 saturated carbocycles. The SMILES string of the molecule is CCN(CC)C(=O)C1=C(C)N(C2CC2)C(=S)NC1c1ccccc1. The van der Waals surface area contributed by atoms with Crippen LogP contribution in [0.15, 0.2) is 41.6 Å². The molecule has 1 unspecified atom stereocenters. The Morgan fingerprint density at radius 3 is 2.42 bits per heavy atom. The number of carbonyl (C=O) groups is 1. The van der Waals surface area contributed by atoms with Crippen LogP contribution < -0.4 is 5.32 Å². The smallest absolute Gasteiger partial charge is 0.253 e. The molecule has 0 bridgehead atoms. The van der Waals surface area contributed by atoms with Gasteiger partial charge in [0.25, 0.3) is 5.91 Å². The first-order valence-electron chi connectivity index (χ1n) is 8.73. The Morgan fingerprint density at radius 2 is 1.88 bits per heavy atom. The summed E-state index contributed by atoms with van der Waals surface area (Å²) in [4.78, 5) is 17.2. The topological polar surface area (TPSA) is 35.6 Å². The average molecular weight is 343 g/mol. The molecule has 0 spiro atoms. The fraction of sp³-hybridized carbons (Fsp3) is 0.474. The zero-order valence-electron chi connectivity index (χ0n) is 14.6. The molecule has 1 N–H and O–H groups in total. The summed E-state index contributed by atoms with van der Waals surface area (Å²) in [6.07, 6.45) is 2.28. The number of benzene rings is 1. The van der Waals surface area contributed by atoms with E-state index >= 15 is 0 Å². The van der Waals surface area contributed by atoms with Crippen molar-refractivity contribution in [3.05, 3.63) is 47.2 Å². The fourth-order valence-electron chi connectivity index (χ4n) is 3.38. The van der Waals surface area contributed by atoms with Crippen LogP contribution in [-0.4, -0.2) is 40.0 Å². The molecule has 4 nitrogen and oxygen atoms in total. The number of nitrogens with one attached hydrogen (secondary N) is 1. The average Bonchev–Trinajstić information content (AvgIpc) is 3.41. The van der Waals surface area contributed by atoms with Crippen LogP contribution in [0, 0.1) is 0 Å². The predicted octanol–water partition coefficient (Wildman–Crippen LogP) is 3.22. The molecule has 1 fully saturated rings. The lowest BCUT2D eigenvalue weighted by Gasteiger charge is -2.39. The van der Waals surface area contributed by atoms with Crippen molar-refractivity contribution in [2.75, 3.05) is 13.1 Å². The lowest BCUT2D eigenvalue weighted by Crippen LogP contribution is -2.50. The van der Waals surface area contributed by atoms with Crippen molar-refractivity contribution in [3.8, 4) is 0 Å². The molecule has 1 aromatic rings. The maximum atomic E-state index is 13.2. The second-order valence-electron chi connectivity index (χ2n) is 6.37. The first kappa shape index (κ1) is 17.0. The summed E-state index contributed by atoms with van der Waals surface area (Å²) in [6, 6.07) is 10.4. The molecule has 0 aromatic heterocycles. The quantitative estimate of drug-likeness (QED) is 0.833. The molecule has 1 atom stereocenters. The number of hydrogen-bond donors (Lipinski definition) is 1. The molecule has 1 aliphatic carbocycles. The van der Waals surface area contributed by atoms with Gasteiger partial charge in [-0.2, -0.15) is 0 Å². The summed E-state index contributed by atoms with van der Waals surface area (Å²) in [5.41, 5.74) is 2.91. The molecule has 3 rings (SSSR count). The van der Waals surface area contributed by atoms with E-state index in [0.29, 0.717) is 19.1 Å². The molecule has 0 saturated heterocycles. The van der Waals surface area contributed by atoms with Gasteiger partial charge in [-0.3, -0.25) is 4.79 Å². The molecule has 1 aromatic carbocycles. The van der Waals surface area contributed by atoms with Crippen LogP contribution in [-0.2, 0) is 4.79 Å². The van der Waals surface area contributed by atoms with Crippen molar-refractivity contribution >= 4 is 23.2 Å². The van der Waals surface area contributed by atoms with Crippen molar-refractivity contribution < 1.29 is 4.79 Å². The number of carbonyl (C=O) groups excluding carboxylic acids is 1. The van der Waals surface area contributed by atoms with Gasteiger partial charge in [0.05, 0.1) is 11.6 Å². The van der Waals surface area contributed by atoms with Crippen molar-refractivity contribution in [2.24, 2.45) is 0 Å². The molecule has 128 valence electrons. The van der Waals surface area contributed by atoms with Gasteiger partial charge in [-0.1, -0.05) is 30.3 Å². The molecule has 2 aliphatic rings. The summed E-state index contributed by atoms with van der Waals surface area (Å²) >= 11 is 5.62. The standard InChI is InChI=1S/C19H25N3OS/c1-4-21(5-2)18(23)16-13(3)22(15-11-12-15)19(24)20-17(16)14-9-7-6-8-10-14/h6-10,15,17H,4-5,11-12H2,1-3H3,(H,20,24). The Labute approximate surface area is 149 Å². The van der Waals surface area contributed by atoms with Crippen molar-refractivity contribution in [2.45, 2.75) is 45.7 Å². The van der Waals surface area contributed by atoms with Gasteiger partial charge in [-0.25, -0.2) is 0 Å². The van der Waals surface area contributed by atoms with Gasteiger partial charge in [0.2, 0.25) is 0 Å². The van der Waals surface area contributed by atoms with Crippen molar-refractivity contribution in [1.82, 2.24) is 15.1 Å². The highest BCUT2D eigenvalue weighted by Gasteiger charge is 2.40. The third-order valence-corrected chi connectivity index (χ3v) is 5.17. The highest BCUT2D eigenvalue weighted by molar-refractivity contribution is 7.80. The van der Waals surface area contributed by atoms with E-state index in [1.54, 1.807) is 0 Å². The van der Waals surface area contributed by atoms with E-state index in [-0.39, 0.29) is 11.9 Å². The summed E-state index contributed by atoms with van der Waals surface area (Å²) in [5.74, 6) is 0.104. The molecule has 0 radical (unpaired) electrons. The van der Waals surface area contributed by atoms with E-state index in [0.717, 1.165) is 34.8 Å². The molecule has 1 heterocycles. The van der Waals surface area contributed by atoms with Gasteiger partial charge in [-0.15, -0.1) is 0 Å². The Bertz CT molecular complexity index is 662. The number of thiocarbonyl (C=S) groups is 1. The summed E-state index contributed by atoms with van der Waals surface area (Å²) < 4.78 is 0. The summed E-state index contributed by atoms with van der Waals surface area (Å²) in [5, 5.41) is 4.16. The van der Waals surface area contributed by atoms with Gasteiger partial charge in [0, 0.05) is 24.8 Å². The van der Waals surface area contributed by atoms with Crippen LogP contribution in [0.3, 0.4) is 0 Å². The Morgan fingerprint density at radius 1 is 1.25 bits per heavy atom. The summed E-state index contributed by atoms with van der Waals surface area (Å²) in [7, 11) is 0. The van der Waals surface area contributed by atoms with E-state index in [2.05, 4.69) is 22.3 Å². The maximum absolute atomic E-state index is 13.2. The van der Waals surface area contributed by atoms with Gasteiger partial charge < -0.3 is 15.1 Å². The van der Waals surface area contributed by atoms with Crippen LogP contribution in [0.25, 0.3) is 0 Å². The van der Waals surface area contributed by atoms with E-state index < -0.39 is 0 Å². The first-order valence-corrected chi connectivity index (χ1v) is 9.14. The van der Waals surface area contributed by atoms with Crippen LogP contribution >= 0.6 is 12.2 Å². The minimum absolute atomic E-state index is 0.104. The van der Waals surface area contributed by atoms with E-state index in [9.17, 15) is 4.79 Å². The highest BCUT2D eigenvalue weighted by atomic mass is 32.1. The normalized spacial score (nSPS) is 20.9. The number of amides is 1. The Hall–Kier alpha value is -1.88. The number of nitrogens with zero attached hydrogens (tertiary/aromatic N) is 2. The van der Waals surface area contributed by atoms with E-state index in [1.807, 2.05) is 43.9 Å². The van der Waals surface area contributed by atoms with E-state index in [4.69, 9.17) is 12.2 Å². The lowest BCUT2D eigenvalue weighted by molar-refractivity contribution is -0.127. The number of allylic oxidation sites excluding steroid dienone is 1. The van der Waals surface area contributed by atoms with Gasteiger partial charge in [0.1, 0.15) is 0 Å². The van der Waals surface area contributed by atoms with Gasteiger partial charge >= 0.3 is 0 Å².